The van der Waals surface area contributed by atoms with Gasteiger partial charge in [-0.25, -0.2) is 0 Å². The van der Waals surface area contributed by atoms with Crippen LogP contribution in [0, 0.1) is 0 Å². The standard InChI is InChI=1S/C15H13NO4S/c17-13-5-6-14(18)16(13)7-15(19)20-8-10-9-21-12-4-2-1-3-11(10)12/h1-4,9H,5-8H2. The first-order valence-electron chi connectivity index (χ1n) is 6.59. The number of fused-ring (bicyclic) bond motifs is 1. The molecule has 3 rings (SSSR count). The van der Waals surface area contributed by atoms with Crippen LogP contribution in [0.4, 0.5) is 0 Å². The molecule has 0 bridgehead atoms. The van der Waals surface area contributed by atoms with Gasteiger partial charge in [-0.2, -0.15) is 0 Å². The number of nitrogens with zero attached hydrogens (tertiary/aromatic N) is 1. The number of hydrogen-bond acceptors (Lipinski definition) is 5. The number of benzene rings is 1. The Morgan fingerprint density at radius 3 is 2.67 bits per heavy atom. The molecule has 21 heavy (non-hydrogen) atoms. The number of thiophene rings is 1. The summed E-state index contributed by atoms with van der Waals surface area (Å²) in [4.78, 5) is 35.6. The molecule has 0 saturated carbocycles. The average Bonchev–Trinajstić information content (AvgIpc) is 3.03. The number of esters is 1. The molecule has 108 valence electrons. The Morgan fingerprint density at radius 2 is 1.90 bits per heavy atom. The monoisotopic (exact) mass is 303 g/mol. The summed E-state index contributed by atoms with van der Waals surface area (Å²) in [5.74, 6) is -1.18. The van der Waals surface area contributed by atoms with E-state index in [0.717, 1.165) is 20.5 Å². The fraction of sp³-hybridized carbons (Fsp3) is 0.267. The SMILES string of the molecule is O=C(CN1C(=O)CCC1=O)OCc1csc2ccccc12. The minimum Gasteiger partial charge on any atom is -0.459 e. The Kier molecular flexibility index (Phi) is 3.70. The molecule has 6 heteroatoms. The van der Waals surface area contributed by atoms with Gasteiger partial charge >= 0.3 is 5.97 Å². The number of amides is 2. The van der Waals surface area contributed by atoms with E-state index in [1.54, 1.807) is 11.3 Å². The highest BCUT2D eigenvalue weighted by molar-refractivity contribution is 7.17. The van der Waals surface area contributed by atoms with Crippen LogP contribution in [0.1, 0.15) is 18.4 Å². The molecule has 1 saturated heterocycles. The molecule has 0 atom stereocenters. The number of rotatable bonds is 4. The summed E-state index contributed by atoms with van der Waals surface area (Å²) in [5, 5.41) is 3.01. The van der Waals surface area contributed by atoms with Gasteiger partial charge in [0.25, 0.3) is 0 Å². The predicted octanol–water partition coefficient (Wildman–Crippen LogP) is 2.09. The molecule has 0 unspecified atom stereocenters. The molecule has 1 aliphatic heterocycles. The summed E-state index contributed by atoms with van der Waals surface area (Å²) >= 11 is 1.59. The van der Waals surface area contributed by atoms with Crippen molar-refractivity contribution in [3.05, 3.63) is 35.2 Å². The molecular formula is C15H13NO4S. The maximum Gasteiger partial charge on any atom is 0.326 e. The Morgan fingerprint density at radius 1 is 1.19 bits per heavy atom. The summed E-state index contributed by atoms with van der Waals surface area (Å²) < 4.78 is 6.31. The van der Waals surface area contributed by atoms with Crippen molar-refractivity contribution in [3.8, 4) is 0 Å². The van der Waals surface area contributed by atoms with Gasteiger partial charge in [-0.05, 0) is 16.8 Å². The fourth-order valence-electron chi connectivity index (χ4n) is 2.28. The van der Waals surface area contributed by atoms with Crippen LogP contribution in [-0.4, -0.2) is 29.2 Å². The maximum absolute atomic E-state index is 11.8. The molecule has 1 aromatic carbocycles. The second-order valence-corrected chi connectivity index (χ2v) is 5.70. The first-order valence-corrected chi connectivity index (χ1v) is 7.47. The van der Waals surface area contributed by atoms with E-state index in [4.69, 9.17) is 4.74 Å². The number of hydrogen-bond donors (Lipinski definition) is 0. The van der Waals surface area contributed by atoms with E-state index in [9.17, 15) is 14.4 Å². The zero-order chi connectivity index (χ0) is 14.8. The molecule has 2 aromatic rings. The third kappa shape index (κ3) is 2.80. The van der Waals surface area contributed by atoms with E-state index >= 15 is 0 Å². The van der Waals surface area contributed by atoms with Crippen molar-refractivity contribution in [1.82, 2.24) is 4.90 Å². The molecule has 0 spiro atoms. The largest absolute Gasteiger partial charge is 0.459 e. The zero-order valence-electron chi connectivity index (χ0n) is 11.2. The lowest BCUT2D eigenvalue weighted by Gasteiger charge is -2.12. The van der Waals surface area contributed by atoms with Crippen LogP contribution in [0.5, 0.6) is 0 Å². The maximum atomic E-state index is 11.8. The second kappa shape index (κ2) is 5.65. The first-order chi connectivity index (χ1) is 10.1. The first kappa shape index (κ1) is 13.8. The van der Waals surface area contributed by atoms with E-state index in [2.05, 4.69) is 0 Å². The summed E-state index contributed by atoms with van der Waals surface area (Å²) in [5.41, 5.74) is 0.933. The average molecular weight is 303 g/mol. The molecule has 0 radical (unpaired) electrons. The van der Waals surface area contributed by atoms with Gasteiger partial charge in [0.05, 0.1) is 0 Å². The van der Waals surface area contributed by atoms with Gasteiger partial charge < -0.3 is 4.74 Å². The molecule has 1 aliphatic rings. The van der Waals surface area contributed by atoms with Crippen molar-refractivity contribution < 1.29 is 19.1 Å². The fourth-order valence-corrected chi connectivity index (χ4v) is 3.22. The van der Waals surface area contributed by atoms with Crippen LogP contribution in [0.25, 0.3) is 10.1 Å². The number of carbonyl (C=O) groups excluding carboxylic acids is 3. The van der Waals surface area contributed by atoms with Crippen molar-refractivity contribution in [3.63, 3.8) is 0 Å². The zero-order valence-corrected chi connectivity index (χ0v) is 12.0. The van der Waals surface area contributed by atoms with Crippen molar-refractivity contribution >= 4 is 39.2 Å². The normalized spacial score (nSPS) is 15.0. The van der Waals surface area contributed by atoms with Crippen LogP contribution in [-0.2, 0) is 25.7 Å². The van der Waals surface area contributed by atoms with Gasteiger partial charge in [-0.1, -0.05) is 18.2 Å². The Balaban J connectivity index is 1.61. The molecule has 0 aliphatic carbocycles. The summed E-state index contributed by atoms with van der Waals surface area (Å²) in [6.45, 7) is -0.140. The lowest BCUT2D eigenvalue weighted by molar-refractivity contribution is -0.153. The summed E-state index contributed by atoms with van der Waals surface area (Å²) in [7, 11) is 0. The summed E-state index contributed by atoms with van der Waals surface area (Å²) in [6.07, 6.45) is 0.364. The van der Waals surface area contributed by atoms with Crippen LogP contribution in [0.3, 0.4) is 0 Å². The van der Waals surface area contributed by atoms with Crippen LogP contribution < -0.4 is 0 Å². The van der Waals surface area contributed by atoms with Crippen LogP contribution in [0.2, 0.25) is 0 Å². The second-order valence-electron chi connectivity index (χ2n) is 4.79. The Bertz CT molecular complexity index is 705. The quantitative estimate of drug-likeness (QED) is 0.641. The highest BCUT2D eigenvalue weighted by Gasteiger charge is 2.30. The van der Waals surface area contributed by atoms with E-state index in [1.165, 1.54) is 0 Å². The number of likely N-dealkylation sites (tertiary alicyclic amines) is 1. The van der Waals surface area contributed by atoms with Gasteiger partial charge in [-0.15, -0.1) is 11.3 Å². The highest BCUT2D eigenvalue weighted by Crippen LogP contribution is 2.26. The molecule has 0 N–H and O–H groups in total. The van der Waals surface area contributed by atoms with Gasteiger partial charge in [0.1, 0.15) is 13.2 Å². The topological polar surface area (TPSA) is 63.7 Å². The smallest absolute Gasteiger partial charge is 0.326 e. The van der Waals surface area contributed by atoms with Gasteiger partial charge in [0.2, 0.25) is 11.8 Å². The third-order valence-electron chi connectivity index (χ3n) is 3.39. The van der Waals surface area contributed by atoms with Crippen molar-refractivity contribution in [2.75, 3.05) is 6.54 Å². The van der Waals surface area contributed by atoms with Gasteiger partial charge in [-0.3, -0.25) is 19.3 Å². The van der Waals surface area contributed by atoms with E-state index in [-0.39, 0.29) is 37.8 Å². The van der Waals surface area contributed by atoms with E-state index < -0.39 is 5.97 Å². The number of ether oxygens (including phenoxy) is 1. The van der Waals surface area contributed by atoms with Crippen molar-refractivity contribution in [2.24, 2.45) is 0 Å². The molecular weight excluding hydrogens is 290 g/mol. The lowest BCUT2D eigenvalue weighted by atomic mass is 10.2. The molecule has 1 aromatic heterocycles. The van der Waals surface area contributed by atoms with Gasteiger partial charge in [0.15, 0.2) is 0 Å². The number of carbonyl (C=O) groups is 3. The third-order valence-corrected chi connectivity index (χ3v) is 4.40. The van der Waals surface area contributed by atoms with Crippen molar-refractivity contribution in [2.45, 2.75) is 19.4 Å². The van der Waals surface area contributed by atoms with E-state index in [0.29, 0.717) is 0 Å². The minimum atomic E-state index is -0.561. The van der Waals surface area contributed by atoms with Crippen molar-refractivity contribution in [1.29, 1.82) is 0 Å². The minimum absolute atomic E-state index is 0.152. The molecule has 2 amide bonds. The Labute approximate surface area is 125 Å². The molecule has 2 heterocycles. The van der Waals surface area contributed by atoms with Crippen LogP contribution >= 0.6 is 11.3 Å². The lowest BCUT2D eigenvalue weighted by Crippen LogP contribution is -2.35. The molecule has 1 fully saturated rings. The number of imide groups is 1. The van der Waals surface area contributed by atoms with E-state index in [1.807, 2.05) is 29.6 Å². The molecule has 5 nitrogen and oxygen atoms in total. The Hall–Kier alpha value is -2.21. The highest BCUT2D eigenvalue weighted by atomic mass is 32.1. The predicted molar refractivity (Wildman–Crippen MR) is 77.6 cm³/mol. The van der Waals surface area contributed by atoms with Gasteiger partial charge in [0, 0.05) is 23.1 Å². The van der Waals surface area contributed by atoms with Crippen LogP contribution in [0.15, 0.2) is 29.6 Å². The summed E-state index contributed by atoms with van der Waals surface area (Å²) in [6, 6.07) is 7.87.